The average Bonchev–Trinajstić information content (AvgIpc) is 2.01. The lowest BCUT2D eigenvalue weighted by Crippen LogP contribution is -2.48. The maximum absolute atomic E-state index is 9.05. The fraction of sp³-hybridized carbons (Fsp3) is 1.00. The van der Waals surface area contributed by atoms with Crippen molar-refractivity contribution in [2.75, 3.05) is 20.3 Å². The monoisotopic (exact) mass is 173 g/mol. The van der Waals surface area contributed by atoms with Gasteiger partial charge in [0.25, 0.3) is 0 Å². The van der Waals surface area contributed by atoms with Crippen molar-refractivity contribution >= 4 is 0 Å². The van der Waals surface area contributed by atoms with Gasteiger partial charge in [0.15, 0.2) is 0 Å². The van der Waals surface area contributed by atoms with Gasteiger partial charge in [-0.25, -0.2) is 0 Å². The van der Waals surface area contributed by atoms with E-state index in [0.717, 1.165) is 0 Å². The van der Waals surface area contributed by atoms with E-state index in [9.17, 15) is 0 Å². The Balaban J connectivity index is 2.17. The molecule has 0 saturated heterocycles. The molecule has 0 radical (unpaired) electrons. The molecule has 0 bridgehead atoms. The highest BCUT2D eigenvalue weighted by molar-refractivity contribution is 4.81. The summed E-state index contributed by atoms with van der Waals surface area (Å²) in [6, 6.07) is 0. The van der Waals surface area contributed by atoms with Gasteiger partial charge >= 0.3 is 0 Å². The van der Waals surface area contributed by atoms with Crippen molar-refractivity contribution in [1.82, 2.24) is 5.32 Å². The van der Waals surface area contributed by atoms with Crippen molar-refractivity contribution in [3.8, 4) is 0 Å². The van der Waals surface area contributed by atoms with Crippen LogP contribution in [0.15, 0.2) is 0 Å². The molecule has 12 heavy (non-hydrogen) atoms. The van der Waals surface area contributed by atoms with Gasteiger partial charge in [-0.1, -0.05) is 0 Å². The molecule has 0 amide bonds. The first-order valence-electron chi connectivity index (χ1n) is 4.61. The minimum Gasteiger partial charge on any atom is -0.394 e. The summed E-state index contributed by atoms with van der Waals surface area (Å²) < 4.78 is 5.60. The molecule has 1 rings (SSSR count). The standard InChI is InChI=1S/C9H19NO2/c1-9(6-11,10-2)7-12-8-4-3-5-8/h8,10-11H,3-7H2,1-2H3. The normalized spacial score (nSPS) is 23.2. The largest absolute Gasteiger partial charge is 0.394 e. The Morgan fingerprint density at radius 3 is 2.58 bits per heavy atom. The number of hydrogen-bond acceptors (Lipinski definition) is 3. The molecule has 0 spiro atoms. The Hall–Kier alpha value is -0.120. The molecule has 0 aliphatic heterocycles. The summed E-state index contributed by atoms with van der Waals surface area (Å²) in [6.07, 6.45) is 4.11. The summed E-state index contributed by atoms with van der Waals surface area (Å²) in [7, 11) is 1.85. The number of likely N-dealkylation sites (N-methyl/N-ethyl adjacent to an activating group) is 1. The quantitative estimate of drug-likeness (QED) is 0.637. The molecule has 1 aliphatic rings. The van der Waals surface area contributed by atoms with E-state index in [1.54, 1.807) is 0 Å². The second-order valence-electron chi connectivity index (χ2n) is 3.83. The number of rotatable bonds is 5. The van der Waals surface area contributed by atoms with Crippen LogP contribution in [0.5, 0.6) is 0 Å². The lowest BCUT2D eigenvalue weighted by molar-refractivity contribution is -0.0360. The van der Waals surface area contributed by atoms with Crippen LogP contribution in [0.2, 0.25) is 0 Å². The Morgan fingerprint density at radius 1 is 1.58 bits per heavy atom. The molecule has 1 fully saturated rings. The van der Waals surface area contributed by atoms with Crippen molar-refractivity contribution in [2.45, 2.75) is 37.8 Å². The van der Waals surface area contributed by atoms with E-state index in [2.05, 4.69) is 5.32 Å². The molecule has 0 aromatic carbocycles. The van der Waals surface area contributed by atoms with E-state index in [1.165, 1.54) is 19.3 Å². The first kappa shape index (κ1) is 9.96. The van der Waals surface area contributed by atoms with Crippen molar-refractivity contribution in [2.24, 2.45) is 0 Å². The molecule has 0 heterocycles. The minimum absolute atomic E-state index is 0.121. The molecule has 1 aliphatic carbocycles. The highest BCUT2D eigenvalue weighted by atomic mass is 16.5. The van der Waals surface area contributed by atoms with E-state index < -0.39 is 0 Å². The van der Waals surface area contributed by atoms with Crippen LogP contribution in [0.1, 0.15) is 26.2 Å². The van der Waals surface area contributed by atoms with Crippen LogP contribution in [-0.4, -0.2) is 37.0 Å². The Bertz CT molecular complexity index is 130. The van der Waals surface area contributed by atoms with Crippen LogP contribution in [0.25, 0.3) is 0 Å². The van der Waals surface area contributed by atoms with Crippen LogP contribution in [0.3, 0.4) is 0 Å². The first-order valence-corrected chi connectivity index (χ1v) is 4.61. The third-order valence-electron chi connectivity index (χ3n) is 2.64. The van der Waals surface area contributed by atoms with Crippen LogP contribution in [-0.2, 0) is 4.74 Å². The Labute approximate surface area is 74.1 Å². The second-order valence-corrected chi connectivity index (χ2v) is 3.83. The zero-order valence-corrected chi connectivity index (χ0v) is 7.97. The third kappa shape index (κ3) is 2.44. The van der Waals surface area contributed by atoms with Crippen molar-refractivity contribution in [1.29, 1.82) is 0 Å². The number of nitrogens with one attached hydrogen (secondary N) is 1. The number of aliphatic hydroxyl groups excluding tert-OH is 1. The summed E-state index contributed by atoms with van der Waals surface area (Å²) in [5, 5.41) is 12.1. The summed E-state index contributed by atoms with van der Waals surface area (Å²) in [4.78, 5) is 0. The van der Waals surface area contributed by atoms with Gasteiger partial charge in [-0.2, -0.15) is 0 Å². The second kappa shape index (κ2) is 4.21. The van der Waals surface area contributed by atoms with E-state index in [1.807, 2.05) is 14.0 Å². The number of ether oxygens (including phenoxy) is 1. The smallest absolute Gasteiger partial charge is 0.0671 e. The van der Waals surface area contributed by atoms with Gasteiger partial charge in [0.05, 0.1) is 24.9 Å². The predicted molar refractivity (Wildman–Crippen MR) is 48.1 cm³/mol. The van der Waals surface area contributed by atoms with Gasteiger partial charge in [-0.15, -0.1) is 0 Å². The molecule has 72 valence electrons. The zero-order chi connectivity index (χ0) is 9.03. The summed E-state index contributed by atoms with van der Waals surface area (Å²) in [5.41, 5.74) is -0.268. The fourth-order valence-corrected chi connectivity index (χ4v) is 1.04. The van der Waals surface area contributed by atoms with Crippen molar-refractivity contribution in [3.05, 3.63) is 0 Å². The van der Waals surface area contributed by atoms with E-state index in [-0.39, 0.29) is 12.1 Å². The third-order valence-corrected chi connectivity index (χ3v) is 2.64. The lowest BCUT2D eigenvalue weighted by Gasteiger charge is -2.32. The summed E-state index contributed by atoms with van der Waals surface area (Å²) in [6.45, 7) is 2.69. The molecule has 1 atom stereocenters. The maximum Gasteiger partial charge on any atom is 0.0671 e. The Morgan fingerprint density at radius 2 is 2.25 bits per heavy atom. The van der Waals surface area contributed by atoms with Crippen LogP contribution >= 0.6 is 0 Å². The SMILES string of the molecule is CNC(C)(CO)COC1CCC1. The van der Waals surface area contributed by atoms with Gasteiger partial charge in [0.2, 0.25) is 0 Å². The lowest BCUT2D eigenvalue weighted by atomic mass is 9.96. The molecule has 2 N–H and O–H groups in total. The highest BCUT2D eigenvalue weighted by Gasteiger charge is 2.25. The van der Waals surface area contributed by atoms with Gasteiger partial charge < -0.3 is 15.2 Å². The predicted octanol–water partition coefficient (Wildman–Crippen LogP) is 0.526. The molecule has 3 heteroatoms. The molecule has 3 nitrogen and oxygen atoms in total. The highest BCUT2D eigenvalue weighted by Crippen LogP contribution is 2.22. The van der Waals surface area contributed by atoms with Crippen LogP contribution in [0.4, 0.5) is 0 Å². The average molecular weight is 173 g/mol. The van der Waals surface area contributed by atoms with Gasteiger partial charge in [-0.05, 0) is 33.2 Å². The Kier molecular flexibility index (Phi) is 3.50. The maximum atomic E-state index is 9.05. The molecule has 0 aromatic rings. The molecule has 0 aromatic heterocycles. The van der Waals surface area contributed by atoms with Gasteiger partial charge in [0, 0.05) is 0 Å². The van der Waals surface area contributed by atoms with Crippen LogP contribution < -0.4 is 5.32 Å². The first-order chi connectivity index (χ1) is 5.70. The van der Waals surface area contributed by atoms with E-state index >= 15 is 0 Å². The summed E-state index contributed by atoms with van der Waals surface area (Å²) >= 11 is 0. The molecule has 1 saturated carbocycles. The minimum atomic E-state index is -0.268. The topological polar surface area (TPSA) is 41.5 Å². The fourth-order valence-electron chi connectivity index (χ4n) is 1.04. The van der Waals surface area contributed by atoms with Crippen LogP contribution in [0, 0.1) is 0 Å². The van der Waals surface area contributed by atoms with E-state index in [4.69, 9.17) is 9.84 Å². The molecule has 1 unspecified atom stereocenters. The number of hydrogen-bond donors (Lipinski definition) is 2. The van der Waals surface area contributed by atoms with Crippen molar-refractivity contribution in [3.63, 3.8) is 0 Å². The van der Waals surface area contributed by atoms with Gasteiger partial charge in [-0.3, -0.25) is 0 Å². The van der Waals surface area contributed by atoms with Gasteiger partial charge in [0.1, 0.15) is 0 Å². The van der Waals surface area contributed by atoms with E-state index in [0.29, 0.717) is 12.7 Å². The zero-order valence-electron chi connectivity index (χ0n) is 7.97. The molecular formula is C9H19NO2. The summed E-state index contributed by atoms with van der Waals surface area (Å²) in [5.74, 6) is 0. The van der Waals surface area contributed by atoms with Crippen molar-refractivity contribution < 1.29 is 9.84 Å². The number of aliphatic hydroxyl groups is 1. The molecular weight excluding hydrogens is 154 g/mol.